The van der Waals surface area contributed by atoms with Crippen LogP contribution in [0.3, 0.4) is 0 Å². The number of benzene rings is 1. The summed E-state index contributed by atoms with van der Waals surface area (Å²) in [5.74, 6) is 1.07. The van der Waals surface area contributed by atoms with E-state index < -0.39 is 0 Å². The number of aliphatic hydroxyl groups excluding tert-OH is 1. The van der Waals surface area contributed by atoms with Gasteiger partial charge in [0.25, 0.3) is 0 Å². The molecular formula is C28H44O3. The van der Waals surface area contributed by atoms with Gasteiger partial charge in [0.1, 0.15) is 5.76 Å². The Morgan fingerprint density at radius 2 is 1.45 bits per heavy atom. The molecule has 3 aliphatic rings. The maximum Gasteiger partial charge on any atom is 0.173 e. The van der Waals surface area contributed by atoms with Crippen LogP contribution in [0.5, 0.6) is 0 Å². The van der Waals surface area contributed by atoms with Crippen molar-refractivity contribution >= 4 is 11.4 Å². The second kappa shape index (κ2) is 11.3. The molecule has 2 saturated heterocycles. The van der Waals surface area contributed by atoms with E-state index in [-0.39, 0.29) is 29.8 Å². The summed E-state index contributed by atoms with van der Waals surface area (Å²) in [6.07, 6.45) is 6.36. The Hall–Kier alpha value is -1.61. The summed E-state index contributed by atoms with van der Waals surface area (Å²) in [4.78, 5) is 13.1. The topological polar surface area (TPSA) is 46.5 Å². The van der Waals surface area contributed by atoms with Crippen molar-refractivity contribution in [2.24, 2.45) is 17.8 Å². The van der Waals surface area contributed by atoms with Crippen LogP contribution in [-0.4, -0.2) is 23.1 Å². The van der Waals surface area contributed by atoms with E-state index in [0.29, 0.717) is 11.3 Å². The van der Waals surface area contributed by atoms with Crippen molar-refractivity contribution in [1.29, 1.82) is 0 Å². The standard InChI is InChI=1S/C20H24O3.C6H14.C2H6/c1-4-11-8-10(3)9-12(5-2)15(11)18-19(21)16-13-6-7-14(23-13)17(16)20(18)22;1-4-6(3)5-2;1-2/h8-9,13-14,16-17,21H,4-7H2,1-3H3;6H,4-5H2,1-3H3;1-2H3. The van der Waals surface area contributed by atoms with Crippen molar-refractivity contribution in [3.8, 4) is 0 Å². The molecule has 4 atom stereocenters. The molecule has 1 aliphatic carbocycles. The third-order valence-electron chi connectivity index (χ3n) is 7.25. The summed E-state index contributed by atoms with van der Waals surface area (Å²) in [5.41, 5.74) is 5.15. The lowest BCUT2D eigenvalue weighted by Gasteiger charge is -2.19. The van der Waals surface area contributed by atoms with E-state index in [1.807, 2.05) is 13.8 Å². The van der Waals surface area contributed by atoms with E-state index >= 15 is 0 Å². The third-order valence-corrected chi connectivity index (χ3v) is 7.25. The van der Waals surface area contributed by atoms with Gasteiger partial charge < -0.3 is 9.84 Å². The molecule has 31 heavy (non-hydrogen) atoms. The van der Waals surface area contributed by atoms with Gasteiger partial charge in [-0.25, -0.2) is 0 Å². The van der Waals surface area contributed by atoms with E-state index in [2.05, 4.69) is 53.7 Å². The lowest BCUT2D eigenvalue weighted by Crippen LogP contribution is -2.29. The van der Waals surface area contributed by atoms with E-state index in [4.69, 9.17) is 4.74 Å². The third kappa shape index (κ3) is 4.92. The molecule has 0 saturated carbocycles. The van der Waals surface area contributed by atoms with Crippen LogP contribution in [0, 0.1) is 24.7 Å². The minimum atomic E-state index is -0.153. The van der Waals surface area contributed by atoms with Gasteiger partial charge in [0.2, 0.25) is 0 Å². The molecule has 4 unspecified atom stereocenters. The maximum atomic E-state index is 13.1. The van der Waals surface area contributed by atoms with Crippen LogP contribution < -0.4 is 0 Å². The number of aryl methyl sites for hydroxylation is 3. The molecule has 0 aromatic heterocycles. The van der Waals surface area contributed by atoms with Crippen LogP contribution >= 0.6 is 0 Å². The number of carbonyl (C=O) groups excluding carboxylic acids is 1. The largest absolute Gasteiger partial charge is 0.511 e. The molecule has 3 nitrogen and oxygen atoms in total. The number of ketones is 1. The molecule has 174 valence electrons. The van der Waals surface area contributed by atoms with Crippen molar-refractivity contribution in [1.82, 2.24) is 0 Å². The molecule has 4 rings (SSSR count). The summed E-state index contributed by atoms with van der Waals surface area (Å²) >= 11 is 0. The number of hydrogen-bond donors (Lipinski definition) is 1. The van der Waals surface area contributed by atoms with Gasteiger partial charge >= 0.3 is 0 Å². The maximum absolute atomic E-state index is 13.1. The number of rotatable bonds is 5. The fourth-order valence-corrected chi connectivity index (χ4v) is 5.18. The quantitative estimate of drug-likeness (QED) is 0.538. The van der Waals surface area contributed by atoms with Gasteiger partial charge in [0.05, 0.1) is 29.6 Å². The lowest BCUT2D eigenvalue weighted by atomic mass is 9.80. The predicted molar refractivity (Wildman–Crippen MR) is 130 cm³/mol. The van der Waals surface area contributed by atoms with E-state index in [1.54, 1.807) is 0 Å². The van der Waals surface area contributed by atoms with Crippen molar-refractivity contribution < 1.29 is 14.6 Å². The fourth-order valence-electron chi connectivity index (χ4n) is 5.18. The first kappa shape index (κ1) is 25.6. The highest BCUT2D eigenvalue weighted by molar-refractivity contribution is 6.26. The zero-order valence-electron chi connectivity index (χ0n) is 21.0. The Bertz CT molecular complexity index is 762. The van der Waals surface area contributed by atoms with Gasteiger partial charge in [-0.1, -0.05) is 79.0 Å². The molecule has 2 bridgehead atoms. The molecular weight excluding hydrogens is 384 g/mol. The van der Waals surface area contributed by atoms with E-state index in [9.17, 15) is 9.90 Å². The first-order valence-electron chi connectivity index (χ1n) is 12.6. The predicted octanol–water partition coefficient (Wildman–Crippen LogP) is 7.23. The number of ether oxygens (including phenoxy) is 1. The van der Waals surface area contributed by atoms with Crippen LogP contribution in [0.15, 0.2) is 17.9 Å². The smallest absolute Gasteiger partial charge is 0.173 e. The van der Waals surface area contributed by atoms with Crippen LogP contribution in [0.4, 0.5) is 0 Å². The highest BCUT2D eigenvalue weighted by atomic mass is 16.5. The Balaban J connectivity index is 0.000000372. The molecule has 1 aromatic rings. The number of allylic oxidation sites excluding steroid dienone is 1. The van der Waals surface area contributed by atoms with Crippen molar-refractivity contribution in [2.75, 3.05) is 0 Å². The summed E-state index contributed by atoms with van der Waals surface area (Å²) in [7, 11) is 0. The molecule has 2 aliphatic heterocycles. The highest BCUT2D eigenvalue weighted by Crippen LogP contribution is 2.54. The van der Waals surface area contributed by atoms with Gasteiger partial charge in [0.15, 0.2) is 5.78 Å². The Kier molecular flexibility index (Phi) is 9.36. The Labute approximate surface area is 190 Å². The number of aliphatic hydroxyl groups is 1. The van der Waals surface area contributed by atoms with Crippen LogP contribution in [0.1, 0.15) is 96.4 Å². The fraction of sp³-hybridized carbons (Fsp3) is 0.679. The van der Waals surface area contributed by atoms with Crippen molar-refractivity contribution in [3.05, 3.63) is 40.1 Å². The minimum Gasteiger partial charge on any atom is -0.511 e. The van der Waals surface area contributed by atoms with Gasteiger partial charge in [-0.05, 0) is 55.2 Å². The second-order valence-corrected chi connectivity index (χ2v) is 9.05. The zero-order chi connectivity index (χ0) is 23.3. The van der Waals surface area contributed by atoms with Gasteiger partial charge in [-0.3, -0.25) is 4.79 Å². The second-order valence-electron chi connectivity index (χ2n) is 9.05. The van der Waals surface area contributed by atoms with Crippen molar-refractivity contribution in [2.45, 2.75) is 106 Å². The summed E-state index contributed by atoms with van der Waals surface area (Å²) < 4.78 is 5.88. The molecule has 0 radical (unpaired) electrons. The molecule has 2 heterocycles. The lowest BCUT2D eigenvalue weighted by molar-refractivity contribution is -0.118. The number of Topliss-reactive ketones (excluding diaryl/α,β-unsaturated/α-hetero) is 1. The zero-order valence-corrected chi connectivity index (χ0v) is 21.0. The monoisotopic (exact) mass is 428 g/mol. The summed E-state index contributed by atoms with van der Waals surface area (Å²) in [5, 5.41) is 10.9. The highest BCUT2D eigenvalue weighted by Gasteiger charge is 2.59. The van der Waals surface area contributed by atoms with E-state index in [1.165, 1.54) is 29.5 Å². The summed E-state index contributed by atoms with van der Waals surface area (Å²) in [6.45, 7) is 17.1. The average Bonchev–Trinajstić information content (AvgIpc) is 3.48. The Morgan fingerprint density at radius 3 is 1.84 bits per heavy atom. The summed E-state index contributed by atoms with van der Waals surface area (Å²) in [6, 6.07) is 4.31. The van der Waals surface area contributed by atoms with E-state index in [0.717, 1.165) is 37.2 Å². The molecule has 1 aromatic carbocycles. The van der Waals surface area contributed by atoms with Crippen LogP contribution in [0.2, 0.25) is 0 Å². The molecule has 0 amide bonds. The average molecular weight is 429 g/mol. The molecule has 2 fully saturated rings. The molecule has 3 heteroatoms. The SMILES string of the molecule is CC.CCC(C)CC.CCc1cc(C)cc(CC)c1C1=C(O)C2C3CCC(O3)C2C1=O. The Morgan fingerprint density at radius 1 is 0.968 bits per heavy atom. The molecule has 1 N–H and O–H groups in total. The van der Waals surface area contributed by atoms with Crippen LogP contribution in [0.25, 0.3) is 5.57 Å². The number of fused-ring (bicyclic) bond motifs is 5. The number of hydrogen-bond acceptors (Lipinski definition) is 3. The van der Waals surface area contributed by atoms with Crippen LogP contribution in [-0.2, 0) is 22.4 Å². The van der Waals surface area contributed by atoms with Gasteiger partial charge in [0, 0.05) is 0 Å². The van der Waals surface area contributed by atoms with Gasteiger partial charge in [-0.2, -0.15) is 0 Å². The minimum absolute atomic E-state index is 0.0118. The number of carbonyl (C=O) groups is 1. The first-order chi connectivity index (χ1) is 14.9. The normalized spacial score (nSPS) is 25.9. The van der Waals surface area contributed by atoms with Crippen molar-refractivity contribution in [3.63, 3.8) is 0 Å². The van der Waals surface area contributed by atoms with Gasteiger partial charge in [-0.15, -0.1) is 0 Å². The molecule has 0 spiro atoms. The first-order valence-corrected chi connectivity index (χ1v) is 12.6.